The lowest BCUT2D eigenvalue weighted by Gasteiger charge is -2.36. The number of carbonyl (C=O) groups is 3. The number of benzene rings is 1. The minimum absolute atomic E-state index is 0.0276. The quantitative estimate of drug-likeness (QED) is 0.871. The van der Waals surface area contributed by atoms with Crippen molar-refractivity contribution in [3.05, 3.63) is 29.8 Å². The summed E-state index contributed by atoms with van der Waals surface area (Å²) in [5.41, 5.74) is 1.10. The van der Waals surface area contributed by atoms with Crippen LogP contribution in [0.5, 0.6) is 0 Å². The second kappa shape index (κ2) is 6.52. The summed E-state index contributed by atoms with van der Waals surface area (Å²) in [6.45, 7) is 0. The van der Waals surface area contributed by atoms with Gasteiger partial charge in [-0.3, -0.25) is 9.59 Å². The molecule has 2 unspecified atom stereocenters. The number of fused-ring (bicyclic) bond motifs is 2. The van der Waals surface area contributed by atoms with Gasteiger partial charge in [0, 0.05) is 23.4 Å². The topological polar surface area (TPSA) is 72.5 Å². The summed E-state index contributed by atoms with van der Waals surface area (Å²) in [6, 6.07) is 6.64. The standard InChI is InChI=1S/C18H21NO4/c1-23-18(22)11-5-7-15(8-6-11)19-17(21)14-9-12-3-2-4-13(10-14)16(12)20/h5-8,12-14H,2-4,9-10H2,1H3,(H,19,21). The lowest BCUT2D eigenvalue weighted by molar-refractivity contribution is -0.136. The molecule has 1 aromatic carbocycles. The van der Waals surface area contributed by atoms with E-state index in [0.29, 0.717) is 29.9 Å². The van der Waals surface area contributed by atoms with Crippen molar-refractivity contribution in [3.8, 4) is 0 Å². The van der Waals surface area contributed by atoms with Gasteiger partial charge in [0.15, 0.2) is 0 Å². The maximum Gasteiger partial charge on any atom is 0.337 e. The average molecular weight is 315 g/mol. The van der Waals surface area contributed by atoms with E-state index in [9.17, 15) is 14.4 Å². The number of hydrogen-bond acceptors (Lipinski definition) is 4. The van der Waals surface area contributed by atoms with Gasteiger partial charge in [-0.1, -0.05) is 6.42 Å². The van der Waals surface area contributed by atoms with Crippen LogP contribution in [0.2, 0.25) is 0 Å². The van der Waals surface area contributed by atoms with Gasteiger partial charge in [-0.2, -0.15) is 0 Å². The number of carbonyl (C=O) groups excluding carboxylic acids is 3. The van der Waals surface area contributed by atoms with Gasteiger partial charge >= 0.3 is 5.97 Å². The number of nitrogens with one attached hydrogen (secondary N) is 1. The molecule has 1 aromatic rings. The molecule has 2 aliphatic rings. The van der Waals surface area contributed by atoms with E-state index in [2.05, 4.69) is 10.1 Å². The van der Waals surface area contributed by atoms with Crippen LogP contribution in [0, 0.1) is 17.8 Å². The molecule has 2 atom stereocenters. The third-order valence-electron chi connectivity index (χ3n) is 4.99. The van der Waals surface area contributed by atoms with E-state index >= 15 is 0 Å². The molecule has 23 heavy (non-hydrogen) atoms. The summed E-state index contributed by atoms with van der Waals surface area (Å²) in [4.78, 5) is 35.9. The van der Waals surface area contributed by atoms with Crippen LogP contribution in [0.3, 0.4) is 0 Å². The maximum atomic E-state index is 12.5. The second-order valence-electron chi connectivity index (χ2n) is 6.45. The van der Waals surface area contributed by atoms with Crippen molar-refractivity contribution in [2.24, 2.45) is 17.8 Å². The summed E-state index contributed by atoms with van der Waals surface area (Å²) in [5, 5.41) is 2.90. The van der Waals surface area contributed by atoms with E-state index in [1.54, 1.807) is 24.3 Å². The summed E-state index contributed by atoms with van der Waals surface area (Å²) in [7, 11) is 1.33. The molecule has 122 valence electrons. The third-order valence-corrected chi connectivity index (χ3v) is 4.99. The van der Waals surface area contributed by atoms with Gasteiger partial charge in [0.1, 0.15) is 5.78 Å². The van der Waals surface area contributed by atoms with Crippen LogP contribution in [0.1, 0.15) is 42.5 Å². The van der Waals surface area contributed by atoms with Gasteiger partial charge in [0.2, 0.25) is 5.91 Å². The third kappa shape index (κ3) is 3.28. The zero-order valence-electron chi connectivity index (χ0n) is 13.2. The summed E-state index contributed by atoms with van der Waals surface area (Å²) in [5.74, 6) is -0.0207. The summed E-state index contributed by atoms with van der Waals surface area (Å²) >= 11 is 0. The highest BCUT2D eigenvalue weighted by Crippen LogP contribution is 2.40. The van der Waals surface area contributed by atoms with Gasteiger partial charge < -0.3 is 10.1 Å². The van der Waals surface area contributed by atoms with Crippen molar-refractivity contribution in [2.75, 3.05) is 12.4 Å². The number of ketones is 1. The SMILES string of the molecule is COC(=O)c1ccc(NC(=O)C2CC3CCCC(C2)C3=O)cc1. The Morgan fingerprint density at radius 3 is 2.26 bits per heavy atom. The Balaban J connectivity index is 1.63. The molecule has 0 aromatic heterocycles. The van der Waals surface area contributed by atoms with E-state index in [0.717, 1.165) is 19.3 Å². The fourth-order valence-electron chi connectivity index (χ4n) is 3.75. The van der Waals surface area contributed by atoms with Crippen molar-refractivity contribution in [3.63, 3.8) is 0 Å². The van der Waals surface area contributed by atoms with Crippen LogP contribution in [0.25, 0.3) is 0 Å². The smallest absolute Gasteiger partial charge is 0.337 e. The first kappa shape index (κ1) is 15.7. The predicted molar refractivity (Wildman–Crippen MR) is 85.0 cm³/mol. The molecule has 2 aliphatic carbocycles. The number of methoxy groups -OCH3 is 1. The number of esters is 1. The van der Waals surface area contributed by atoms with Gasteiger partial charge in [-0.15, -0.1) is 0 Å². The van der Waals surface area contributed by atoms with Gasteiger partial charge in [-0.05, 0) is 49.9 Å². The molecule has 1 N–H and O–H groups in total. The highest BCUT2D eigenvalue weighted by atomic mass is 16.5. The molecule has 0 radical (unpaired) electrons. The molecule has 0 heterocycles. The predicted octanol–water partition coefficient (Wildman–Crippen LogP) is 2.81. The van der Waals surface area contributed by atoms with Crippen molar-refractivity contribution in [1.29, 1.82) is 0 Å². The molecule has 5 nitrogen and oxygen atoms in total. The molecule has 1 amide bonds. The fourth-order valence-corrected chi connectivity index (χ4v) is 3.75. The van der Waals surface area contributed by atoms with Crippen LogP contribution in [-0.4, -0.2) is 24.8 Å². The molecule has 3 rings (SSSR count). The van der Waals surface area contributed by atoms with Crippen molar-refractivity contribution in [2.45, 2.75) is 32.1 Å². The van der Waals surface area contributed by atoms with E-state index in [1.165, 1.54) is 7.11 Å². The van der Waals surface area contributed by atoms with Crippen molar-refractivity contribution in [1.82, 2.24) is 0 Å². The first-order valence-electron chi connectivity index (χ1n) is 8.11. The second-order valence-corrected chi connectivity index (χ2v) is 6.45. The van der Waals surface area contributed by atoms with E-state index in [-0.39, 0.29) is 23.7 Å². The van der Waals surface area contributed by atoms with Crippen LogP contribution in [0.15, 0.2) is 24.3 Å². The zero-order chi connectivity index (χ0) is 16.4. The van der Waals surface area contributed by atoms with Crippen LogP contribution < -0.4 is 5.32 Å². The zero-order valence-corrected chi connectivity index (χ0v) is 13.2. The van der Waals surface area contributed by atoms with Crippen LogP contribution in [0.4, 0.5) is 5.69 Å². The maximum absolute atomic E-state index is 12.5. The molecule has 2 fully saturated rings. The van der Waals surface area contributed by atoms with Crippen molar-refractivity contribution >= 4 is 23.3 Å². The van der Waals surface area contributed by atoms with E-state index in [4.69, 9.17) is 0 Å². The minimum atomic E-state index is -0.401. The number of hydrogen-bond donors (Lipinski definition) is 1. The molecule has 0 aliphatic heterocycles. The number of amides is 1. The molecular formula is C18H21NO4. The summed E-state index contributed by atoms with van der Waals surface area (Å²) < 4.78 is 4.65. The Morgan fingerprint density at radius 2 is 1.70 bits per heavy atom. The molecule has 0 spiro atoms. The Hall–Kier alpha value is -2.17. The van der Waals surface area contributed by atoms with Gasteiger partial charge in [0.05, 0.1) is 12.7 Å². The Kier molecular flexibility index (Phi) is 4.46. The minimum Gasteiger partial charge on any atom is -0.465 e. The monoisotopic (exact) mass is 315 g/mol. The number of rotatable bonds is 3. The Bertz CT molecular complexity index is 606. The molecule has 5 heteroatoms. The number of Topliss-reactive ketones (excluding diaryl/α,β-unsaturated/α-hetero) is 1. The summed E-state index contributed by atoms with van der Waals surface area (Å²) in [6.07, 6.45) is 4.28. The van der Waals surface area contributed by atoms with E-state index in [1.807, 2.05) is 0 Å². The van der Waals surface area contributed by atoms with Gasteiger partial charge in [-0.25, -0.2) is 4.79 Å². The lowest BCUT2D eigenvalue weighted by atomic mass is 9.67. The fraction of sp³-hybridized carbons (Fsp3) is 0.500. The average Bonchev–Trinajstić information content (AvgIpc) is 2.54. The van der Waals surface area contributed by atoms with Crippen LogP contribution >= 0.6 is 0 Å². The molecular weight excluding hydrogens is 294 g/mol. The first-order valence-corrected chi connectivity index (χ1v) is 8.11. The number of ether oxygens (including phenoxy) is 1. The molecule has 2 bridgehead atoms. The largest absolute Gasteiger partial charge is 0.465 e. The molecule has 0 saturated heterocycles. The van der Waals surface area contributed by atoms with E-state index < -0.39 is 5.97 Å². The molecule has 2 saturated carbocycles. The van der Waals surface area contributed by atoms with Crippen LogP contribution in [-0.2, 0) is 14.3 Å². The van der Waals surface area contributed by atoms with Gasteiger partial charge in [0.25, 0.3) is 0 Å². The highest BCUT2D eigenvalue weighted by molar-refractivity contribution is 5.96. The normalized spacial score (nSPS) is 26.5. The lowest BCUT2D eigenvalue weighted by Crippen LogP contribution is -2.40. The first-order chi connectivity index (χ1) is 11.1. The highest BCUT2D eigenvalue weighted by Gasteiger charge is 2.41. The Morgan fingerprint density at radius 1 is 1.09 bits per heavy atom. The number of anilines is 1. The van der Waals surface area contributed by atoms with Crippen molar-refractivity contribution < 1.29 is 19.1 Å². The Labute approximate surface area is 135 Å².